The molecule has 1 N–H and O–H groups in total. The average molecular weight is 200 g/mol. The van der Waals surface area contributed by atoms with Gasteiger partial charge in [0.15, 0.2) is 0 Å². The van der Waals surface area contributed by atoms with E-state index in [1.165, 1.54) is 5.01 Å². The van der Waals surface area contributed by atoms with Gasteiger partial charge in [-0.25, -0.2) is 4.98 Å². The van der Waals surface area contributed by atoms with E-state index in [1.807, 2.05) is 0 Å². The summed E-state index contributed by atoms with van der Waals surface area (Å²) in [6.45, 7) is 4.61. The third-order valence-electron chi connectivity index (χ3n) is 1.69. The number of hydrogen-bond donors (Lipinski definition) is 1. The van der Waals surface area contributed by atoms with E-state index in [-0.39, 0.29) is 0 Å². The maximum Gasteiger partial charge on any atom is 0.0926 e. The van der Waals surface area contributed by atoms with Crippen LogP contribution < -0.4 is 5.32 Å². The van der Waals surface area contributed by atoms with Crippen molar-refractivity contribution in [1.82, 2.24) is 10.3 Å². The topological polar surface area (TPSA) is 34.2 Å². The Morgan fingerprint density at radius 2 is 2.46 bits per heavy atom. The molecule has 0 bridgehead atoms. The van der Waals surface area contributed by atoms with Crippen LogP contribution in [0.4, 0.5) is 0 Å². The highest BCUT2D eigenvalue weighted by molar-refractivity contribution is 7.09. The van der Waals surface area contributed by atoms with Crippen LogP contribution in [0.2, 0.25) is 0 Å². The largest absolute Gasteiger partial charge is 0.383 e. The molecule has 0 aliphatic heterocycles. The quantitative estimate of drug-likeness (QED) is 0.706. The Kier molecular flexibility index (Phi) is 4.97. The minimum Gasteiger partial charge on any atom is -0.383 e. The van der Waals surface area contributed by atoms with E-state index in [0.717, 1.165) is 31.8 Å². The standard InChI is InChI=1S/C9H16N2OS/c1-3-9-11-8(7-13-9)6-10-4-5-12-2/h7,10H,3-6H2,1-2H3. The molecule has 13 heavy (non-hydrogen) atoms. The van der Waals surface area contributed by atoms with Gasteiger partial charge in [-0.3, -0.25) is 0 Å². The van der Waals surface area contributed by atoms with Crippen LogP contribution >= 0.6 is 11.3 Å². The molecule has 3 nitrogen and oxygen atoms in total. The first-order chi connectivity index (χ1) is 6.36. The van der Waals surface area contributed by atoms with Gasteiger partial charge in [0, 0.05) is 25.6 Å². The molecule has 0 fully saturated rings. The van der Waals surface area contributed by atoms with Gasteiger partial charge in [-0.2, -0.15) is 0 Å². The summed E-state index contributed by atoms with van der Waals surface area (Å²) < 4.78 is 4.93. The first-order valence-electron chi connectivity index (χ1n) is 4.49. The van der Waals surface area contributed by atoms with Gasteiger partial charge in [0.25, 0.3) is 0 Å². The van der Waals surface area contributed by atoms with Crippen LogP contribution in [-0.4, -0.2) is 25.2 Å². The lowest BCUT2D eigenvalue weighted by molar-refractivity contribution is 0.199. The summed E-state index contributed by atoms with van der Waals surface area (Å²) in [7, 11) is 1.71. The van der Waals surface area contributed by atoms with Crippen molar-refractivity contribution in [2.75, 3.05) is 20.3 Å². The first-order valence-corrected chi connectivity index (χ1v) is 5.37. The molecular formula is C9H16N2OS. The van der Waals surface area contributed by atoms with Crippen molar-refractivity contribution in [3.63, 3.8) is 0 Å². The molecule has 1 aromatic heterocycles. The van der Waals surface area contributed by atoms with Crippen molar-refractivity contribution >= 4 is 11.3 Å². The summed E-state index contributed by atoms with van der Waals surface area (Å²) in [5.74, 6) is 0. The number of hydrogen-bond acceptors (Lipinski definition) is 4. The Morgan fingerprint density at radius 3 is 3.08 bits per heavy atom. The van der Waals surface area contributed by atoms with Crippen LogP contribution in [0.15, 0.2) is 5.38 Å². The number of rotatable bonds is 6. The monoisotopic (exact) mass is 200 g/mol. The highest BCUT2D eigenvalue weighted by Crippen LogP contribution is 2.09. The molecule has 1 rings (SSSR count). The van der Waals surface area contributed by atoms with Crippen molar-refractivity contribution in [3.05, 3.63) is 16.1 Å². The molecule has 0 amide bonds. The van der Waals surface area contributed by atoms with E-state index >= 15 is 0 Å². The molecule has 0 unspecified atom stereocenters. The van der Waals surface area contributed by atoms with Gasteiger partial charge in [-0.1, -0.05) is 6.92 Å². The van der Waals surface area contributed by atoms with E-state index < -0.39 is 0 Å². The van der Waals surface area contributed by atoms with E-state index in [1.54, 1.807) is 18.4 Å². The number of nitrogens with one attached hydrogen (secondary N) is 1. The molecular weight excluding hydrogens is 184 g/mol. The van der Waals surface area contributed by atoms with Crippen LogP contribution in [0.3, 0.4) is 0 Å². The van der Waals surface area contributed by atoms with Crippen molar-refractivity contribution in [3.8, 4) is 0 Å². The molecule has 0 saturated carbocycles. The number of aryl methyl sites for hydroxylation is 1. The number of ether oxygens (including phenoxy) is 1. The summed E-state index contributed by atoms with van der Waals surface area (Å²) in [5, 5.41) is 6.58. The molecule has 4 heteroatoms. The van der Waals surface area contributed by atoms with Crippen molar-refractivity contribution in [2.24, 2.45) is 0 Å². The zero-order valence-corrected chi connectivity index (χ0v) is 8.99. The SMILES string of the molecule is CCc1nc(CNCCOC)cs1. The van der Waals surface area contributed by atoms with E-state index in [0.29, 0.717) is 0 Å². The number of thiazole rings is 1. The Bertz CT molecular complexity index is 237. The molecule has 0 aliphatic rings. The van der Waals surface area contributed by atoms with Crippen LogP contribution in [0.1, 0.15) is 17.6 Å². The predicted octanol–water partition coefficient (Wildman–Crippen LogP) is 1.44. The molecule has 1 aromatic rings. The Labute approximate surface area is 83.1 Å². The zero-order chi connectivity index (χ0) is 9.52. The molecule has 0 atom stereocenters. The van der Waals surface area contributed by atoms with Crippen LogP contribution in [0.5, 0.6) is 0 Å². The Balaban J connectivity index is 2.20. The normalized spacial score (nSPS) is 10.6. The Hall–Kier alpha value is -0.450. The highest BCUT2D eigenvalue weighted by Gasteiger charge is 1.98. The summed E-state index contributed by atoms with van der Waals surface area (Å²) in [4.78, 5) is 4.44. The minimum atomic E-state index is 0.755. The first kappa shape index (κ1) is 10.6. The zero-order valence-electron chi connectivity index (χ0n) is 8.17. The lowest BCUT2D eigenvalue weighted by Crippen LogP contribution is -2.18. The third kappa shape index (κ3) is 3.85. The van der Waals surface area contributed by atoms with Crippen molar-refractivity contribution < 1.29 is 4.74 Å². The van der Waals surface area contributed by atoms with E-state index in [9.17, 15) is 0 Å². The van der Waals surface area contributed by atoms with Gasteiger partial charge in [-0.15, -0.1) is 11.3 Å². The van der Waals surface area contributed by atoms with E-state index in [4.69, 9.17) is 4.74 Å². The molecule has 74 valence electrons. The molecule has 1 heterocycles. The smallest absolute Gasteiger partial charge is 0.0926 e. The van der Waals surface area contributed by atoms with Crippen LogP contribution in [0.25, 0.3) is 0 Å². The average Bonchev–Trinajstić information content (AvgIpc) is 2.60. The maximum atomic E-state index is 4.93. The van der Waals surface area contributed by atoms with Gasteiger partial charge in [0.05, 0.1) is 17.3 Å². The Morgan fingerprint density at radius 1 is 1.62 bits per heavy atom. The predicted molar refractivity (Wildman–Crippen MR) is 55.1 cm³/mol. The molecule has 0 aliphatic carbocycles. The molecule has 0 spiro atoms. The number of methoxy groups -OCH3 is 1. The summed E-state index contributed by atoms with van der Waals surface area (Å²) in [6.07, 6.45) is 1.03. The lowest BCUT2D eigenvalue weighted by Gasteiger charge is -2.00. The highest BCUT2D eigenvalue weighted by atomic mass is 32.1. The third-order valence-corrected chi connectivity index (χ3v) is 2.73. The summed E-state index contributed by atoms with van der Waals surface area (Å²) in [6, 6.07) is 0. The van der Waals surface area contributed by atoms with Gasteiger partial charge in [0.2, 0.25) is 0 Å². The lowest BCUT2D eigenvalue weighted by atomic mass is 10.4. The minimum absolute atomic E-state index is 0.755. The van der Waals surface area contributed by atoms with Gasteiger partial charge in [0.1, 0.15) is 0 Å². The number of aromatic nitrogens is 1. The fourth-order valence-electron chi connectivity index (χ4n) is 0.983. The van der Waals surface area contributed by atoms with Gasteiger partial charge >= 0.3 is 0 Å². The molecule has 0 radical (unpaired) electrons. The second kappa shape index (κ2) is 6.07. The molecule has 0 saturated heterocycles. The second-order valence-corrected chi connectivity index (χ2v) is 3.70. The fraction of sp³-hybridized carbons (Fsp3) is 0.667. The summed E-state index contributed by atoms with van der Waals surface area (Å²) >= 11 is 1.73. The second-order valence-electron chi connectivity index (χ2n) is 2.76. The van der Waals surface area contributed by atoms with Crippen LogP contribution in [0, 0.1) is 0 Å². The summed E-state index contributed by atoms with van der Waals surface area (Å²) in [5.41, 5.74) is 1.14. The van der Waals surface area contributed by atoms with Crippen molar-refractivity contribution in [1.29, 1.82) is 0 Å². The fourth-order valence-corrected chi connectivity index (χ4v) is 1.73. The van der Waals surface area contributed by atoms with Gasteiger partial charge < -0.3 is 10.1 Å². The van der Waals surface area contributed by atoms with Crippen LogP contribution in [-0.2, 0) is 17.7 Å². The number of nitrogens with zero attached hydrogens (tertiary/aromatic N) is 1. The maximum absolute atomic E-state index is 4.93. The van der Waals surface area contributed by atoms with E-state index in [2.05, 4.69) is 22.6 Å². The molecule has 0 aromatic carbocycles. The van der Waals surface area contributed by atoms with Crippen molar-refractivity contribution in [2.45, 2.75) is 19.9 Å². The van der Waals surface area contributed by atoms with Gasteiger partial charge in [-0.05, 0) is 6.42 Å².